The summed E-state index contributed by atoms with van der Waals surface area (Å²) in [6.45, 7) is 4.51. The van der Waals surface area contributed by atoms with Crippen molar-refractivity contribution in [2.45, 2.75) is 13.0 Å². The summed E-state index contributed by atoms with van der Waals surface area (Å²) in [5.41, 5.74) is 0.689. The minimum Gasteiger partial charge on any atom is -0.465 e. The number of aliphatic imine (C=N–C) groups is 1. The largest absolute Gasteiger partial charge is 0.465 e. The van der Waals surface area contributed by atoms with Crippen LogP contribution in [0.4, 0.5) is 5.95 Å². The fourth-order valence-corrected chi connectivity index (χ4v) is 3.93. The van der Waals surface area contributed by atoms with E-state index in [-0.39, 0.29) is 6.61 Å². The zero-order valence-electron chi connectivity index (χ0n) is 17.1. The maximum absolute atomic E-state index is 12.9. The third-order valence-corrected chi connectivity index (χ3v) is 5.47. The molecular weight excluding hydrogens is 420 g/mol. The highest BCUT2D eigenvalue weighted by Gasteiger charge is 2.42. The van der Waals surface area contributed by atoms with Gasteiger partial charge in [0.05, 0.1) is 6.61 Å². The summed E-state index contributed by atoms with van der Waals surface area (Å²) in [5.74, 6) is -0.970. The Morgan fingerprint density at radius 1 is 1.16 bits per heavy atom. The summed E-state index contributed by atoms with van der Waals surface area (Å²) >= 11 is 6.16. The highest BCUT2D eigenvalue weighted by Crippen LogP contribution is 2.32. The van der Waals surface area contributed by atoms with E-state index < -0.39 is 23.8 Å². The molecule has 3 heterocycles. The normalized spacial score (nSPS) is 21.4. The first-order chi connectivity index (χ1) is 15.1. The van der Waals surface area contributed by atoms with E-state index in [1.54, 1.807) is 43.6 Å². The van der Waals surface area contributed by atoms with Crippen LogP contribution in [0.5, 0.6) is 0 Å². The van der Waals surface area contributed by atoms with Crippen LogP contribution in [0.15, 0.2) is 47.7 Å². The second-order valence-electron chi connectivity index (χ2n) is 7.19. The van der Waals surface area contributed by atoms with Gasteiger partial charge in [0.25, 0.3) is 0 Å². The number of halogens is 1. The molecule has 0 aliphatic carbocycles. The topological polar surface area (TPSA) is 100 Å². The van der Waals surface area contributed by atoms with Gasteiger partial charge < -0.3 is 14.5 Å². The van der Waals surface area contributed by atoms with Crippen molar-refractivity contribution in [3.8, 4) is 0 Å². The molecule has 0 saturated carbocycles. The van der Waals surface area contributed by atoms with E-state index in [0.29, 0.717) is 48.7 Å². The Hall–Kier alpha value is -3.20. The molecule has 10 heteroatoms. The molecule has 1 amide bonds. The Morgan fingerprint density at radius 2 is 1.87 bits per heavy atom. The average Bonchev–Trinajstić information content (AvgIpc) is 2.79. The van der Waals surface area contributed by atoms with E-state index in [4.69, 9.17) is 21.3 Å². The molecule has 0 spiro atoms. The molecule has 0 bridgehead atoms. The number of ether oxygens (including phenoxy) is 1. The standard InChI is InChI=1S/C21H23ClN6O3/c1-2-31-19(30)16-17(14-5-3-6-15(22)13-14)25-21(26-18(16)29)28-11-9-27(10-12-28)20-23-7-4-8-24-20/h3-8,13,16-17H,2,9-12H2,1H3,(H,25,26,29)/t16-,17-/m1/s1. The second-order valence-corrected chi connectivity index (χ2v) is 7.63. The van der Waals surface area contributed by atoms with Gasteiger partial charge in [0.15, 0.2) is 5.92 Å². The number of amides is 1. The number of piperazine rings is 1. The average molecular weight is 443 g/mol. The van der Waals surface area contributed by atoms with Crippen LogP contribution in [0.3, 0.4) is 0 Å². The predicted molar refractivity (Wildman–Crippen MR) is 116 cm³/mol. The molecule has 9 nitrogen and oxygen atoms in total. The Balaban J connectivity index is 1.57. The fourth-order valence-electron chi connectivity index (χ4n) is 3.73. The quantitative estimate of drug-likeness (QED) is 0.567. The second kappa shape index (κ2) is 9.30. The van der Waals surface area contributed by atoms with Gasteiger partial charge in [-0.1, -0.05) is 23.7 Å². The van der Waals surface area contributed by atoms with Gasteiger partial charge in [-0.05, 0) is 30.7 Å². The van der Waals surface area contributed by atoms with Crippen LogP contribution in [0, 0.1) is 5.92 Å². The number of carbonyl (C=O) groups is 2. The lowest BCUT2D eigenvalue weighted by molar-refractivity contribution is -0.153. The molecule has 1 aromatic carbocycles. The monoisotopic (exact) mass is 442 g/mol. The SMILES string of the molecule is CCOC(=O)[C@H]1C(=O)NC(N2CCN(c3ncccn3)CC2)=N[C@@H]1c1cccc(Cl)c1. The van der Waals surface area contributed by atoms with Crippen molar-refractivity contribution in [1.29, 1.82) is 0 Å². The van der Waals surface area contributed by atoms with E-state index in [1.807, 2.05) is 11.0 Å². The lowest BCUT2D eigenvalue weighted by Gasteiger charge is -2.38. The van der Waals surface area contributed by atoms with Crippen molar-refractivity contribution >= 4 is 35.4 Å². The number of anilines is 1. The van der Waals surface area contributed by atoms with E-state index in [9.17, 15) is 9.59 Å². The third-order valence-electron chi connectivity index (χ3n) is 5.24. The fraction of sp³-hybridized carbons (Fsp3) is 0.381. The van der Waals surface area contributed by atoms with Crippen LogP contribution in [0.2, 0.25) is 5.02 Å². The molecule has 2 aliphatic rings. The number of nitrogens with zero attached hydrogens (tertiary/aromatic N) is 5. The first-order valence-electron chi connectivity index (χ1n) is 10.1. The number of nitrogens with one attached hydrogen (secondary N) is 1. The van der Waals surface area contributed by atoms with Gasteiger partial charge in [-0.2, -0.15) is 0 Å². The summed E-state index contributed by atoms with van der Waals surface area (Å²) in [7, 11) is 0. The zero-order valence-corrected chi connectivity index (χ0v) is 17.8. The highest BCUT2D eigenvalue weighted by molar-refractivity contribution is 6.30. The van der Waals surface area contributed by atoms with Crippen molar-refractivity contribution in [2.75, 3.05) is 37.7 Å². The molecule has 1 saturated heterocycles. The summed E-state index contributed by atoms with van der Waals surface area (Å²) in [4.78, 5) is 42.9. The predicted octanol–water partition coefficient (Wildman–Crippen LogP) is 1.66. The molecule has 2 aromatic rings. The molecule has 0 radical (unpaired) electrons. The van der Waals surface area contributed by atoms with Gasteiger partial charge in [0.2, 0.25) is 17.8 Å². The number of benzene rings is 1. The molecule has 2 atom stereocenters. The zero-order chi connectivity index (χ0) is 21.8. The van der Waals surface area contributed by atoms with E-state index in [0.717, 1.165) is 0 Å². The molecule has 1 N–H and O–H groups in total. The summed E-state index contributed by atoms with van der Waals surface area (Å²) < 4.78 is 5.14. The first kappa shape index (κ1) is 21.0. The molecule has 31 heavy (non-hydrogen) atoms. The van der Waals surface area contributed by atoms with Gasteiger partial charge in [0, 0.05) is 43.6 Å². The van der Waals surface area contributed by atoms with Crippen molar-refractivity contribution < 1.29 is 14.3 Å². The van der Waals surface area contributed by atoms with Crippen molar-refractivity contribution in [3.05, 3.63) is 53.3 Å². The van der Waals surface area contributed by atoms with Crippen LogP contribution in [-0.4, -0.2) is 65.5 Å². The molecule has 0 unspecified atom stereocenters. The lowest BCUT2D eigenvalue weighted by Crippen LogP contribution is -2.57. The minimum absolute atomic E-state index is 0.185. The third kappa shape index (κ3) is 4.61. The van der Waals surface area contributed by atoms with Crippen molar-refractivity contribution in [3.63, 3.8) is 0 Å². The van der Waals surface area contributed by atoms with Crippen LogP contribution < -0.4 is 10.2 Å². The van der Waals surface area contributed by atoms with Gasteiger partial charge in [-0.15, -0.1) is 0 Å². The minimum atomic E-state index is -1.07. The molecule has 162 valence electrons. The number of hydrogen-bond donors (Lipinski definition) is 1. The summed E-state index contributed by atoms with van der Waals surface area (Å²) in [6, 6.07) is 8.12. The van der Waals surface area contributed by atoms with Crippen LogP contribution >= 0.6 is 11.6 Å². The Bertz CT molecular complexity index is 978. The molecular formula is C21H23ClN6O3. The highest BCUT2D eigenvalue weighted by atomic mass is 35.5. The lowest BCUT2D eigenvalue weighted by atomic mass is 9.91. The first-order valence-corrected chi connectivity index (χ1v) is 10.5. The number of aromatic nitrogens is 2. The van der Waals surface area contributed by atoms with Crippen molar-refractivity contribution in [1.82, 2.24) is 20.2 Å². The smallest absolute Gasteiger partial charge is 0.321 e. The Labute approximate surface area is 185 Å². The number of guanidine groups is 1. The number of rotatable bonds is 4. The Morgan fingerprint density at radius 3 is 2.55 bits per heavy atom. The molecule has 4 rings (SSSR count). The van der Waals surface area contributed by atoms with Crippen LogP contribution in [0.1, 0.15) is 18.5 Å². The summed E-state index contributed by atoms with van der Waals surface area (Å²) in [5, 5.41) is 3.31. The van der Waals surface area contributed by atoms with Crippen LogP contribution in [0.25, 0.3) is 0 Å². The van der Waals surface area contributed by atoms with Crippen molar-refractivity contribution in [2.24, 2.45) is 10.9 Å². The van der Waals surface area contributed by atoms with E-state index >= 15 is 0 Å². The maximum Gasteiger partial charge on any atom is 0.321 e. The van der Waals surface area contributed by atoms with Gasteiger partial charge >= 0.3 is 5.97 Å². The maximum atomic E-state index is 12.9. The van der Waals surface area contributed by atoms with E-state index in [1.165, 1.54) is 0 Å². The molecule has 1 fully saturated rings. The number of esters is 1. The van der Waals surface area contributed by atoms with Gasteiger partial charge in [-0.25, -0.2) is 15.0 Å². The number of hydrogen-bond acceptors (Lipinski definition) is 8. The molecule has 1 aromatic heterocycles. The number of carbonyl (C=O) groups excluding carboxylic acids is 2. The molecule has 2 aliphatic heterocycles. The van der Waals surface area contributed by atoms with Gasteiger partial charge in [-0.3, -0.25) is 14.9 Å². The van der Waals surface area contributed by atoms with E-state index in [2.05, 4.69) is 20.2 Å². The van der Waals surface area contributed by atoms with Gasteiger partial charge in [0.1, 0.15) is 6.04 Å². The Kier molecular flexibility index (Phi) is 6.31. The van der Waals surface area contributed by atoms with Crippen LogP contribution in [-0.2, 0) is 14.3 Å². The summed E-state index contributed by atoms with van der Waals surface area (Å²) in [6.07, 6.45) is 3.43.